The highest BCUT2D eigenvalue weighted by molar-refractivity contribution is 7.83. The zero-order valence-electron chi connectivity index (χ0n) is 13.6. The maximum atomic E-state index is 12.4. The second kappa shape index (κ2) is 5.92. The lowest BCUT2D eigenvalue weighted by Gasteiger charge is -2.23. The third-order valence-electron chi connectivity index (χ3n) is 3.77. The average Bonchev–Trinajstić information content (AvgIpc) is 2.97. The van der Waals surface area contributed by atoms with Crippen molar-refractivity contribution in [1.29, 1.82) is 0 Å². The van der Waals surface area contributed by atoms with Crippen molar-refractivity contribution in [2.75, 3.05) is 5.32 Å². The minimum atomic E-state index is -0.913. The molecule has 1 aromatic carbocycles. The molecule has 1 unspecified atom stereocenters. The first-order valence-electron chi connectivity index (χ1n) is 7.64. The number of carbonyl (C=O) groups excluding carboxylic acids is 1. The van der Waals surface area contributed by atoms with Gasteiger partial charge in [0.1, 0.15) is 5.82 Å². The van der Waals surface area contributed by atoms with Gasteiger partial charge in [0, 0.05) is 16.4 Å². The topological polar surface area (TPSA) is 64.0 Å². The lowest BCUT2D eigenvalue weighted by Crippen LogP contribution is -2.28. The number of carbonyl (C=O) groups is 1. The summed E-state index contributed by atoms with van der Waals surface area (Å²) >= 11 is 0. The van der Waals surface area contributed by atoms with Crippen LogP contribution >= 0.6 is 0 Å². The molecule has 0 bridgehead atoms. The van der Waals surface area contributed by atoms with E-state index in [2.05, 4.69) is 10.4 Å². The highest BCUT2D eigenvalue weighted by Crippen LogP contribution is 2.32. The fraction of sp³-hybridized carbons (Fsp3) is 0.412. The summed E-state index contributed by atoms with van der Waals surface area (Å²) in [6.07, 6.45) is 0.314. The van der Waals surface area contributed by atoms with Crippen molar-refractivity contribution < 1.29 is 9.00 Å². The van der Waals surface area contributed by atoms with E-state index in [1.165, 1.54) is 0 Å². The Bertz CT molecular complexity index is 760. The van der Waals surface area contributed by atoms with Gasteiger partial charge in [0.2, 0.25) is 5.91 Å². The molecule has 0 fully saturated rings. The van der Waals surface area contributed by atoms with Crippen LogP contribution in [0.2, 0.25) is 0 Å². The van der Waals surface area contributed by atoms with Crippen molar-refractivity contribution in [3.8, 4) is 0 Å². The smallest absolute Gasteiger partial charge is 0.229 e. The quantitative estimate of drug-likeness (QED) is 0.940. The molecule has 3 rings (SSSR count). The van der Waals surface area contributed by atoms with Crippen molar-refractivity contribution in [3.05, 3.63) is 47.2 Å². The Morgan fingerprint density at radius 3 is 2.61 bits per heavy atom. The van der Waals surface area contributed by atoms with Gasteiger partial charge in [-0.15, -0.1) is 0 Å². The van der Waals surface area contributed by atoms with Gasteiger partial charge in [0.15, 0.2) is 0 Å². The fourth-order valence-corrected chi connectivity index (χ4v) is 3.96. The first-order valence-corrected chi connectivity index (χ1v) is 9.13. The third-order valence-corrected chi connectivity index (χ3v) is 4.98. The van der Waals surface area contributed by atoms with E-state index in [-0.39, 0.29) is 11.4 Å². The van der Waals surface area contributed by atoms with Gasteiger partial charge in [-0.25, -0.2) is 4.68 Å². The van der Waals surface area contributed by atoms with Gasteiger partial charge >= 0.3 is 0 Å². The van der Waals surface area contributed by atoms with E-state index in [9.17, 15) is 9.00 Å². The van der Waals surface area contributed by atoms with Gasteiger partial charge in [-0.05, 0) is 26.3 Å². The average molecular weight is 331 g/mol. The number of hydrogen-bond acceptors (Lipinski definition) is 3. The lowest BCUT2D eigenvalue weighted by atomic mass is 10.1. The largest absolute Gasteiger partial charge is 0.310 e. The zero-order chi connectivity index (χ0) is 16.6. The van der Waals surface area contributed by atoms with Crippen LogP contribution in [0.1, 0.15) is 37.6 Å². The van der Waals surface area contributed by atoms with E-state index < -0.39 is 10.8 Å². The van der Waals surface area contributed by atoms with E-state index in [0.717, 1.165) is 16.8 Å². The molecule has 23 heavy (non-hydrogen) atoms. The van der Waals surface area contributed by atoms with Gasteiger partial charge in [0.05, 0.1) is 29.2 Å². The number of nitrogens with zero attached hydrogens (tertiary/aromatic N) is 2. The number of hydrogen-bond donors (Lipinski definition) is 1. The molecule has 0 saturated heterocycles. The molecule has 2 aromatic rings. The molecule has 2 heterocycles. The van der Waals surface area contributed by atoms with Gasteiger partial charge in [0.25, 0.3) is 0 Å². The SMILES string of the molecule is CC(C)(C)n1nc2c(c1NC(=O)Cc1ccccc1)CS(=O)C2. The molecular formula is C17H21N3O2S. The predicted molar refractivity (Wildman–Crippen MR) is 91.5 cm³/mol. The summed E-state index contributed by atoms with van der Waals surface area (Å²) in [5.41, 5.74) is 2.47. The number of benzene rings is 1. The molecule has 6 heteroatoms. The predicted octanol–water partition coefficient (Wildman–Crippen LogP) is 2.58. The second-order valence-corrected chi connectivity index (χ2v) is 8.25. The van der Waals surface area contributed by atoms with Crippen molar-refractivity contribution in [3.63, 3.8) is 0 Å². The first kappa shape index (κ1) is 15.9. The Hall–Kier alpha value is -1.95. The Kier molecular flexibility index (Phi) is 4.10. The molecule has 122 valence electrons. The minimum absolute atomic E-state index is 0.0814. The van der Waals surface area contributed by atoms with E-state index in [1.807, 2.05) is 55.8 Å². The van der Waals surface area contributed by atoms with Crippen molar-refractivity contribution >= 4 is 22.5 Å². The molecule has 0 radical (unpaired) electrons. The number of aromatic nitrogens is 2. The lowest BCUT2D eigenvalue weighted by molar-refractivity contribution is -0.115. The Morgan fingerprint density at radius 1 is 1.26 bits per heavy atom. The van der Waals surface area contributed by atoms with E-state index in [0.29, 0.717) is 23.7 Å². The Balaban J connectivity index is 1.87. The zero-order valence-corrected chi connectivity index (χ0v) is 14.4. The minimum Gasteiger partial charge on any atom is -0.310 e. The molecule has 1 atom stereocenters. The van der Waals surface area contributed by atoms with Crippen LogP contribution in [0.3, 0.4) is 0 Å². The summed E-state index contributed by atoms with van der Waals surface area (Å²) < 4.78 is 13.6. The molecule has 1 aliphatic heterocycles. The van der Waals surface area contributed by atoms with Gasteiger partial charge in [-0.1, -0.05) is 30.3 Å². The van der Waals surface area contributed by atoms with Crippen LogP contribution in [0, 0.1) is 0 Å². The van der Waals surface area contributed by atoms with Crippen LogP contribution in [-0.4, -0.2) is 19.9 Å². The van der Waals surface area contributed by atoms with Crippen LogP contribution < -0.4 is 5.32 Å². The molecule has 1 amide bonds. The van der Waals surface area contributed by atoms with Crippen molar-refractivity contribution in [1.82, 2.24) is 9.78 Å². The molecule has 0 aliphatic carbocycles. The van der Waals surface area contributed by atoms with E-state index in [1.54, 1.807) is 0 Å². The monoisotopic (exact) mass is 331 g/mol. The van der Waals surface area contributed by atoms with Crippen molar-refractivity contribution in [2.45, 2.75) is 44.2 Å². The summed E-state index contributed by atoms with van der Waals surface area (Å²) in [5.74, 6) is 1.55. The highest BCUT2D eigenvalue weighted by Gasteiger charge is 2.31. The van der Waals surface area contributed by atoms with Gasteiger partial charge in [-0.3, -0.25) is 9.00 Å². The Morgan fingerprint density at radius 2 is 1.96 bits per heavy atom. The molecular weight excluding hydrogens is 310 g/mol. The van der Waals surface area contributed by atoms with Crippen LogP contribution in [0.4, 0.5) is 5.82 Å². The van der Waals surface area contributed by atoms with Crippen LogP contribution in [0.5, 0.6) is 0 Å². The number of nitrogens with one attached hydrogen (secondary N) is 1. The molecule has 1 aliphatic rings. The number of rotatable bonds is 3. The molecule has 1 N–H and O–H groups in total. The summed E-state index contributed by atoms with van der Waals surface area (Å²) in [5, 5.41) is 7.57. The Labute approximate surface area is 138 Å². The van der Waals surface area contributed by atoms with Crippen LogP contribution in [0.15, 0.2) is 30.3 Å². The van der Waals surface area contributed by atoms with Gasteiger partial charge < -0.3 is 5.32 Å². The molecule has 1 aromatic heterocycles. The number of amides is 1. The first-order chi connectivity index (χ1) is 10.8. The summed E-state index contributed by atoms with van der Waals surface area (Å²) in [4.78, 5) is 12.4. The highest BCUT2D eigenvalue weighted by atomic mass is 32.2. The summed E-state index contributed by atoms with van der Waals surface area (Å²) in [6, 6.07) is 9.63. The second-order valence-electron chi connectivity index (χ2n) is 6.80. The van der Waals surface area contributed by atoms with Crippen LogP contribution in [0.25, 0.3) is 0 Å². The molecule has 0 spiro atoms. The normalized spacial score (nSPS) is 17.1. The molecule has 0 saturated carbocycles. The maximum absolute atomic E-state index is 12.4. The third kappa shape index (κ3) is 3.37. The van der Waals surface area contributed by atoms with Gasteiger partial charge in [-0.2, -0.15) is 5.10 Å². The van der Waals surface area contributed by atoms with E-state index >= 15 is 0 Å². The number of fused-ring (bicyclic) bond motifs is 1. The van der Waals surface area contributed by atoms with Crippen LogP contribution in [-0.2, 0) is 39.1 Å². The molecule has 5 nitrogen and oxygen atoms in total. The van der Waals surface area contributed by atoms with Crippen molar-refractivity contribution in [2.24, 2.45) is 0 Å². The summed E-state index contributed by atoms with van der Waals surface area (Å²) in [6.45, 7) is 6.12. The van der Waals surface area contributed by atoms with E-state index in [4.69, 9.17) is 0 Å². The standard InChI is InChI=1S/C17H21N3O2S/c1-17(2,3)20-16(13-10-23(22)11-14(13)19-20)18-15(21)9-12-7-5-4-6-8-12/h4-8H,9-11H2,1-3H3,(H,18,21). The summed E-state index contributed by atoms with van der Waals surface area (Å²) in [7, 11) is -0.913. The fourth-order valence-electron chi connectivity index (χ4n) is 2.70. The number of anilines is 1. The maximum Gasteiger partial charge on any atom is 0.229 e.